The van der Waals surface area contributed by atoms with Crippen molar-refractivity contribution in [2.75, 3.05) is 26.1 Å². The van der Waals surface area contributed by atoms with Gasteiger partial charge in [0.2, 0.25) is 5.82 Å². The zero-order chi connectivity index (χ0) is 14.9. The molecule has 0 unspecified atom stereocenters. The predicted octanol–water partition coefficient (Wildman–Crippen LogP) is 2.62. The van der Waals surface area contributed by atoms with Crippen molar-refractivity contribution in [1.29, 1.82) is 0 Å². The first-order chi connectivity index (χ1) is 10.1. The molecule has 3 rings (SSSR count). The van der Waals surface area contributed by atoms with Crippen LogP contribution in [0.4, 0.5) is 5.69 Å². The minimum absolute atomic E-state index is 0.341. The van der Waals surface area contributed by atoms with E-state index in [9.17, 15) is 0 Å². The van der Waals surface area contributed by atoms with Gasteiger partial charge in [-0.05, 0) is 18.2 Å². The quantitative estimate of drug-likeness (QED) is 0.877. The van der Waals surface area contributed by atoms with E-state index in [0.29, 0.717) is 54.0 Å². The van der Waals surface area contributed by atoms with Gasteiger partial charge in [0.1, 0.15) is 5.60 Å². The molecule has 0 atom stereocenters. The zero-order valence-electron chi connectivity index (χ0n) is 11.6. The van der Waals surface area contributed by atoms with Crippen LogP contribution in [0.25, 0.3) is 11.5 Å². The van der Waals surface area contributed by atoms with Crippen LogP contribution in [0.5, 0.6) is 0 Å². The Kier molecular flexibility index (Phi) is 3.84. The summed E-state index contributed by atoms with van der Waals surface area (Å²) >= 11 is 5.99. The lowest BCUT2D eigenvalue weighted by Crippen LogP contribution is -2.36. The highest BCUT2D eigenvalue weighted by molar-refractivity contribution is 6.31. The Labute approximate surface area is 127 Å². The van der Waals surface area contributed by atoms with Gasteiger partial charge in [-0.15, -0.1) is 0 Å². The fourth-order valence-corrected chi connectivity index (χ4v) is 2.62. The second kappa shape index (κ2) is 5.63. The summed E-state index contributed by atoms with van der Waals surface area (Å²) < 4.78 is 16.4. The number of nitrogens with zero attached hydrogens (tertiary/aromatic N) is 2. The van der Waals surface area contributed by atoms with Gasteiger partial charge < -0.3 is 19.7 Å². The molecule has 0 saturated carbocycles. The fraction of sp³-hybridized carbons (Fsp3) is 0.429. The van der Waals surface area contributed by atoms with E-state index in [1.54, 1.807) is 25.3 Å². The van der Waals surface area contributed by atoms with Crippen molar-refractivity contribution in [3.05, 3.63) is 29.0 Å². The first-order valence-corrected chi connectivity index (χ1v) is 7.05. The maximum absolute atomic E-state index is 5.99. The molecule has 21 heavy (non-hydrogen) atoms. The summed E-state index contributed by atoms with van der Waals surface area (Å²) in [4.78, 5) is 4.45. The molecular weight excluding hydrogens is 294 g/mol. The second-order valence-electron chi connectivity index (χ2n) is 4.97. The normalized spacial score (nSPS) is 17.8. The van der Waals surface area contributed by atoms with E-state index in [2.05, 4.69) is 10.1 Å². The fourth-order valence-electron chi connectivity index (χ4n) is 2.45. The van der Waals surface area contributed by atoms with E-state index in [-0.39, 0.29) is 0 Å². The number of hydrogen-bond donors (Lipinski definition) is 1. The van der Waals surface area contributed by atoms with Crippen LogP contribution in [0, 0.1) is 0 Å². The molecule has 1 aromatic carbocycles. The van der Waals surface area contributed by atoms with E-state index in [1.165, 1.54) is 0 Å². The van der Waals surface area contributed by atoms with Crippen LogP contribution in [-0.4, -0.2) is 30.5 Å². The number of methoxy groups -OCH3 is 1. The minimum atomic E-state index is -0.562. The van der Waals surface area contributed by atoms with Gasteiger partial charge >= 0.3 is 0 Å². The molecule has 6 nitrogen and oxygen atoms in total. The molecule has 2 aromatic rings. The smallest absolute Gasteiger partial charge is 0.260 e. The number of anilines is 1. The third-order valence-corrected chi connectivity index (χ3v) is 4.01. The van der Waals surface area contributed by atoms with E-state index in [4.69, 9.17) is 31.3 Å². The number of halogens is 1. The lowest BCUT2D eigenvalue weighted by Gasteiger charge is -2.32. The number of nitrogen functional groups attached to an aromatic ring is 1. The molecule has 1 aliphatic heterocycles. The molecule has 2 heterocycles. The number of hydrogen-bond acceptors (Lipinski definition) is 6. The van der Waals surface area contributed by atoms with Crippen LogP contribution in [0.3, 0.4) is 0 Å². The third kappa shape index (κ3) is 2.62. The molecule has 1 aliphatic rings. The van der Waals surface area contributed by atoms with Gasteiger partial charge in [-0.25, -0.2) is 0 Å². The molecule has 1 aromatic heterocycles. The Morgan fingerprint density at radius 1 is 1.33 bits per heavy atom. The highest BCUT2D eigenvalue weighted by atomic mass is 35.5. The molecule has 0 bridgehead atoms. The van der Waals surface area contributed by atoms with Crippen LogP contribution in [0.2, 0.25) is 5.02 Å². The van der Waals surface area contributed by atoms with Crippen LogP contribution in [0.1, 0.15) is 18.7 Å². The standard InChI is InChI=1S/C14H16ClN3O3/c1-19-14(4-6-20-7-5-14)13-17-12(21-18-13)10-8-9(15)2-3-11(10)16/h2-3,8H,4-7,16H2,1H3. The Hall–Kier alpha value is -1.63. The topological polar surface area (TPSA) is 83.4 Å². The van der Waals surface area contributed by atoms with E-state index in [1.807, 2.05) is 0 Å². The second-order valence-corrected chi connectivity index (χ2v) is 5.40. The van der Waals surface area contributed by atoms with Crippen molar-refractivity contribution in [2.45, 2.75) is 18.4 Å². The largest absolute Gasteiger partial charge is 0.398 e. The Bertz CT molecular complexity index is 638. The summed E-state index contributed by atoms with van der Waals surface area (Å²) in [7, 11) is 1.65. The Morgan fingerprint density at radius 2 is 2.10 bits per heavy atom. The molecule has 0 amide bonds. The zero-order valence-corrected chi connectivity index (χ0v) is 12.4. The average Bonchev–Trinajstić information content (AvgIpc) is 3.00. The first-order valence-electron chi connectivity index (χ1n) is 6.67. The van der Waals surface area contributed by atoms with Crippen LogP contribution in [-0.2, 0) is 15.1 Å². The van der Waals surface area contributed by atoms with Gasteiger partial charge in [-0.3, -0.25) is 0 Å². The van der Waals surface area contributed by atoms with Gasteiger partial charge in [0.15, 0.2) is 0 Å². The molecule has 1 saturated heterocycles. The van der Waals surface area contributed by atoms with Crippen molar-refractivity contribution in [3.8, 4) is 11.5 Å². The summed E-state index contributed by atoms with van der Waals surface area (Å²) in [5, 5.41) is 4.63. The SMILES string of the molecule is COC1(c2noc(-c3cc(Cl)ccc3N)n2)CCOCC1. The third-order valence-electron chi connectivity index (χ3n) is 3.77. The summed E-state index contributed by atoms with van der Waals surface area (Å²) in [6.45, 7) is 1.22. The number of benzene rings is 1. The lowest BCUT2D eigenvalue weighted by atomic mass is 9.93. The Balaban J connectivity index is 1.97. The van der Waals surface area contributed by atoms with Gasteiger partial charge in [0, 0.05) is 43.9 Å². The van der Waals surface area contributed by atoms with E-state index in [0.717, 1.165) is 0 Å². The summed E-state index contributed by atoms with van der Waals surface area (Å²) in [6.07, 6.45) is 1.38. The molecule has 7 heteroatoms. The number of ether oxygens (including phenoxy) is 2. The van der Waals surface area contributed by atoms with Crippen LogP contribution in [0.15, 0.2) is 22.7 Å². The Morgan fingerprint density at radius 3 is 2.81 bits per heavy atom. The minimum Gasteiger partial charge on any atom is -0.398 e. The van der Waals surface area contributed by atoms with Gasteiger partial charge in [0.25, 0.3) is 5.89 Å². The maximum Gasteiger partial charge on any atom is 0.260 e. The highest BCUT2D eigenvalue weighted by Crippen LogP contribution is 2.35. The monoisotopic (exact) mass is 309 g/mol. The highest BCUT2D eigenvalue weighted by Gasteiger charge is 2.39. The van der Waals surface area contributed by atoms with Crippen LogP contribution >= 0.6 is 11.6 Å². The lowest BCUT2D eigenvalue weighted by molar-refractivity contribution is -0.101. The maximum atomic E-state index is 5.99. The van der Waals surface area contributed by atoms with E-state index < -0.39 is 5.60 Å². The van der Waals surface area contributed by atoms with Crippen molar-refractivity contribution in [3.63, 3.8) is 0 Å². The van der Waals surface area contributed by atoms with Gasteiger partial charge in [-0.2, -0.15) is 4.98 Å². The predicted molar refractivity (Wildman–Crippen MR) is 77.9 cm³/mol. The van der Waals surface area contributed by atoms with Crippen molar-refractivity contribution in [1.82, 2.24) is 10.1 Å². The molecule has 0 spiro atoms. The van der Waals surface area contributed by atoms with E-state index >= 15 is 0 Å². The summed E-state index contributed by atoms with van der Waals surface area (Å²) in [5.41, 5.74) is 6.53. The number of rotatable bonds is 3. The number of nitrogens with two attached hydrogens (primary N) is 1. The first kappa shape index (κ1) is 14.3. The molecular formula is C14H16ClN3O3. The molecule has 0 radical (unpaired) electrons. The van der Waals surface area contributed by atoms with Gasteiger partial charge in [-0.1, -0.05) is 16.8 Å². The molecule has 0 aliphatic carbocycles. The van der Waals surface area contributed by atoms with Crippen molar-refractivity contribution >= 4 is 17.3 Å². The number of aromatic nitrogens is 2. The molecule has 2 N–H and O–H groups in total. The van der Waals surface area contributed by atoms with Crippen molar-refractivity contribution < 1.29 is 14.0 Å². The molecule has 1 fully saturated rings. The van der Waals surface area contributed by atoms with Crippen molar-refractivity contribution in [2.24, 2.45) is 0 Å². The van der Waals surface area contributed by atoms with Gasteiger partial charge in [0.05, 0.1) is 5.56 Å². The average molecular weight is 310 g/mol. The van der Waals surface area contributed by atoms with Crippen LogP contribution < -0.4 is 5.73 Å². The summed E-state index contributed by atoms with van der Waals surface area (Å²) in [5.74, 6) is 0.857. The summed E-state index contributed by atoms with van der Waals surface area (Å²) in [6, 6.07) is 5.13. The molecule has 112 valence electrons.